The monoisotopic (exact) mass is 363 g/mol. The number of hydroxylamine groups is 1. The molecule has 1 aromatic carbocycles. The Morgan fingerprint density at radius 1 is 1.44 bits per heavy atom. The van der Waals surface area contributed by atoms with Crippen molar-refractivity contribution in [2.75, 3.05) is 11.6 Å². The van der Waals surface area contributed by atoms with Crippen molar-refractivity contribution in [1.82, 2.24) is 0 Å². The number of benzene rings is 1. The second-order valence-corrected chi connectivity index (χ2v) is 6.54. The Hall–Kier alpha value is -0.850. The van der Waals surface area contributed by atoms with Gasteiger partial charge in [-0.3, -0.25) is 0 Å². The van der Waals surface area contributed by atoms with Crippen LogP contribution in [0.15, 0.2) is 12.1 Å². The third-order valence-electron chi connectivity index (χ3n) is 2.75. The molecule has 0 amide bonds. The van der Waals surface area contributed by atoms with E-state index in [9.17, 15) is 9.18 Å². The quantitative estimate of drug-likeness (QED) is 0.718. The van der Waals surface area contributed by atoms with Crippen molar-refractivity contribution in [1.29, 1.82) is 0 Å². The van der Waals surface area contributed by atoms with Crippen molar-refractivity contribution < 1.29 is 14.0 Å². The smallest absolute Gasteiger partial charge is 0.337 e. The number of carbonyl (C=O) groups is 1. The molecule has 0 radical (unpaired) electrons. The van der Waals surface area contributed by atoms with E-state index in [1.54, 1.807) is 5.06 Å². The molecule has 1 aliphatic rings. The minimum atomic E-state index is -0.547. The molecule has 0 spiro atoms. The van der Waals surface area contributed by atoms with Gasteiger partial charge < -0.3 is 4.84 Å². The van der Waals surface area contributed by atoms with Crippen LogP contribution in [0.3, 0.4) is 0 Å². The van der Waals surface area contributed by atoms with Crippen molar-refractivity contribution in [2.24, 2.45) is 5.41 Å². The fourth-order valence-corrected chi connectivity index (χ4v) is 2.66. The van der Waals surface area contributed by atoms with Gasteiger partial charge in [0.25, 0.3) is 0 Å². The molecule has 3 nitrogen and oxygen atoms in total. The van der Waals surface area contributed by atoms with Crippen LogP contribution in [0.5, 0.6) is 0 Å². The van der Waals surface area contributed by atoms with E-state index in [0.29, 0.717) is 13.0 Å². The zero-order chi connectivity index (χ0) is 13.5. The van der Waals surface area contributed by atoms with Gasteiger partial charge in [-0.1, -0.05) is 0 Å². The lowest BCUT2D eigenvalue weighted by molar-refractivity contribution is -0.154. The van der Waals surface area contributed by atoms with Gasteiger partial charge in [-0.2, -0.15) is 0 Å². The lowest BCUT2D eigenvalue weighted by Crippen LogP contribution is -2.32. The molecule has 0 saturated carbocycles. The number of rotatable bonds is 1. The minimum absolute atomic E-state index is 0.248. The van der Waals surface area contributed by atoms with E-state index in [-0.39, 0.29) is 11.8 Å². The zero-order valence-electron chi connectivity index (χ0n) is 10.6. The van der Waals surface area contributed by atoms with Gasteiger partial charge in [0.2, 0.25) is 0 Å². The molecule has 2 rings (SSSR count). The first-order valence-electron chi connectivity index (χ1n) is 5.77. The average Bonchev–Trinajstić information content (AvgIpc) is 2.59. The Bertz CT molecular complexity index is 496. The highest BCUT2D eigenvalue weighted by Gasteiger charge is 2.30. The fourth-order valence-electron chi connectivity index (χ4n) is 1.75. The van der Waals surface area contributed by atoms with Gasteiger partial charge in [0.1, 0.15) is 5.82 Å². The summed E-state index contributed by atoms with van der Waals surface area (Å²) < 4.78 is 14.0. The van der Waals surface area contributed by atoms with Crippen LogP contribution >= 0.6 is 22.6 Å². The third-order valence-corrected chi connectivity index (χ3v) is 3.57. The summed E-state index contributed by atoms with van der Waals surface area (Å²) in [5.41, 5.74) is 1.16. The van der Waals surface area contributed by atoms with E-state index in [0.717, 1.165) is 14.8 Å². The largest absolute Gasteiger partial charge is 0.340 e. The van der Waals surface area contributed by atoms with Crippen molar-refractivity contribution in [3.8, 4) is 0 Å². The Labute approximate surface area is 119 Å². The molecule has 1 heterocycles. The number of hydrogen-bond acceptors (Lipinski definition) is 3. The van der Waals surface area contributed by atoms with Crippen LogP contribution in [0.4, 0.5) is 10.1 Å². The predicted octanol–water partition coefficient (Wildman–Crippen LogP) is 3.30. The molecule has 0 aromatic heterocycles. The summed E-state index contributed by atoms with van der Waals surface area (Å²) in [6.07, 6.45) is 0.695. The molecule has 1 aromatic rings. The van der Waals surface area contributed by atoms with Crippen molar-refractivity contribution in [2.45, 2.75) is 27.2 Å². The molecule has 0 atom stereocenters. The molecule has 0 aliphatic carbocycles. The highest BCUT2D eigenvalue weighted by molar-refractivity contribution is 14.1. The third kappa shape index (κ3) is 2.60. The second kappa shape index (κ2) is 4.68. The van der Waals surface area contributed by atoms with Gasteiger partial charge in [-0.05, 0) is 67.5 Å². The number of fused-ring (bicyclic) bond motifs is 1. The molecule has 5 heteroatoms. The van der Waals surface area contributed by atoms with Crippen LogP contribution in [0, 0.1) is 14.8 Å². The van der Waals surface area contributed by atoms with E-state index in [2.05, 4.69) is 22.6 Å². The summed E-state index contributed by atoms with van der Waals surface area (Å²) in [5.74, 6) is -0.530. The first-order chi connectivity index (χ1) is 8.29. The van der Waals surface area contributed by atoms with Gasteiger partial charge in [-0.15, -0.1) is 0 Å². The first kappa shape index (κ1) is 13.6. The lowest BCUT2D eigenvalue weighted by Gasteiger charge is -2.24. The molecule has 0 fully saturated rings. The number of carbonyl (C=O) groups excluding carboxylic acids is 1. The summed E-state index contributed by atoms with van der Waals surface area (Å²) in [5, 5.41) is 1.57. The van der Waals surface area contributed by atoms with Crippen LogP contribution in [0.25, 0.3) is 0 Å². The van der Waals surface area contributed by atoms with Crippen LogP contribution in [-0.2, 0) is 16.1 Å². The van der Waals surface area contributed by atoms with E-state index in [4.69, 9.17) is 4.84 Å². The van der Waals surface area contributed by atoms with Gasteiger partial charge >= 0.3 is 5.97 Å². The summed E-state index contributed by atoms with van der Waals surface area (Å²) in [4.78, 5) is 17.3. The minimum Gasteiger partial charge on any atom is -0.340 e. The molecule has 18 heavy (non-hydrogen) atoms. The Morgan fingerprint density at radius 3 is 2.72 bits per heavy atom. The molecule has 0 N–H and O–H groups in total. The van der Waals surface area contributed by atoms with Crippen molar-refractivity contribution >= 4 is 34.2 Å². The summed E-state index contributed by atoms with van der Waals surface area (Å²) in [7, 11) is 0. The standard InChI is InChI=1S/C13H15FINO2/c1-13(2,3)12(17)18-16-5-4-8-6-9(14)7-10(15)11(8)16/h6-7H,4-5H2,1-3H3. The lowest BCUT2D eigenvalue weighted by atomic mass is 9.98. The summed E-state index contributed by atoms with van der Waals surface area (Å²) >= 11 is 2.06. The number of halogens is 2. The van der Waals surface area contributed by atoms with E-state index < -0.39 is 5.41 Å². The Balaban J connectivity index is 2.25. The molecular formula is C13H15FINO2. The molecule has 0 unspecified atom stereocenters. The number of anilines is 1. The normalized spacial score (nSPS) is 14.6. The Kier molecular flexibility index (Phi) is 3.53. The van der Waals surface area contributed by atoms with Crippen LogP contribution in [0.1, 0.15) is 26.3 Å². The van der Waals surface area contributed by atoms with Crippen molar-refractivity contribution in [3.63, 3.8) is 0 Å². The van der Waals surface area contributed by atoms with Gasteiger partial charge in [0.15, 0.2) is 0 Å². The van der Waals surface area contributed by atoms with Crippen LogP contribution in [0.2, 0.25) is 0 Å². The Morgan fingerprint density at radius 2 is 2.11 bits per heavy atom. The summed E-state index contributed by atoms with van der Waals surface area (Å²) in [6.45, 7) is 6.00. The topological polar surface area (TPSA) is 29.5 Å². The fraction of sp³-hybridized carbons (Fsp3) is 0.462. The van der Waals surface area contributed by atoms with Gasteiger partial charge in [0, 0.05) is 3.57 Å². The predicted molar refractivity (Wildman–Crippen MR) is 75.7 cm³/mol. The van der Waals surface area contributed by atoms with E-state index in [1.165, 1.54) is 12.1 Å². The molecule has 1 aliphatic heterocycles. The van der Waals surface area contributed by atoms with E-state index in [1.807, 2.05) is 20.8 Å². The molecule has 0 bridgehead atoms. The first-order valence-corrected chi connectivity index (χ1v) is 6.85. The van der Waals surface area contributed by atoms with E-state index >= 15 is 0 Å². The van der Waals surface area contributed by atoms with Crippen LogP contribution in [-0.4, -0.2) is 12.5 Å². The molecular weight excluding hydrogens is 348 g/mol. The average molecular weight is 363 g/mol. The van der Waals surface area contributed by atoms with Crippen molar-refractivity contribution in [3.05, 3.63) is 27.1 Å². The molecule has 98 valence electrons. The second-order valence-electron chi connectivity index (χ2n) is 5.38. The highest BCUT2D eigenvalue weighted by atomic mass is 127. The SMILES string of the molecule is CC(C)(C)C(=O)ON1CCc2cc(F)cc(I)c21. The summed E-state index contributed by atoms with van der Waals surface area (Å²) in [6, 6.07) is 2.95. The van der Waals surface area contributed by atoms with Gasteiger partial charge in [0.05, 0.1) is 17.6 Å². The number of hydrogen-bond donors (Lipinski definition) is 0. The maximum atomic E-state index is 13.3. The maximum absolute atomic E-state index is 13.3. The highest BCUT2D eigenvalue weighted by Crippen LogP contribution is 2.34. The van der Waals surface area contributed by atoms with Crippen LogP contribution < -0.4 is 5.06 Å². The maximum Gasteiger partial charge on any atom is 0.337 e. The number of nitrogens with zero attached hydrogens (tertiary/aromatic N) is 1. The zero-order valence-corrected chi connectivity index (χ0v) is 12.7. The molecule has 0 saturated heterocycles. The van der Waals surface area contributed by atoms with Gasteiger partial charge in [-0.25, -0.2) is 14.2 Å².